The molecular weight excluding hydrogens is 360 g/mol. The molecule has 7 heteroatoms. The highest BCUT2D eigenvalue weighted by Gasteiger charge is 2.36. The van der Waals surface area contributed by atoms with Gasteiger partial charge in [-0.25, -0.2) is 0 Å². The second kappa shape index (κ2) is 10.1. The number of hydrogen-bond acceptors (Lipinski definition) is 5. The van der Waals surface area contributed by atoms with Crippen LogP contribution in [0.25, 0.3) is 0 Å². The van der Waals surface area contributed by atoms with Gasteiger partial charge in [0.05, 0.1) is 24.7 Å². The van der Waals surface area contributed by atoms with Crippen LogP contribution in [0.4, 0.5) is 0 Å². The van der Waals surface area contributed by atoms with E-state index < -0.39 is 12.0 Å². The van der Waals surface area contributed by atoms with Crippen molar-refractivity contribution in [2.45, 2.75) is 52.7 Å². The fraction of sp³-hybridized carbons (Fsp3) is 0.571. The third-order valence-electron chi connectivity index (χ3n) is 4.39. The minimum Gasteiger partial charge on any atom is -0.493 e. The Kier molecular flexibility index (Phi) is 7.84. The molecule has 1 saturated heterocycles. The summed E-state index contributed by atoms with van der Waals surface area (Å²) in [5.41, 5.74) is 0.392. The van der Waals surface area contributed by atoms with E-state index in [4.69, 9.17) is 9.47 Å². The summed E-state index contributed by atoms with van der Waals surface area (Å²) in [6, 6.07) is 6.11. The summed E-state index contributed by atoms with van der Waals surface area (Å²) < 4.78 is 11.0. The summed E-state index contributed by atoms with van der Waals surface area (Å²) in [6.07, 6.45) is 0.420. The van der Waals surface area contributed by atoms with Crippen LogP contribution in [-0.2, 0) is 14.3 Å². The van der Waals surface area contributed by atoms with Crippen molar-refractivity contribution in [1.82, 2.24) is 10.2 Å². The third kappa shape index (κ3) is 5.97. The first kappa shape index (κ1) is 21.7. The van der Waals surface area contributed by atoms with Gasteiger partial charge in [-0.15, -0.1) is 0 Å². The Balaban J connectivity index is 2.18. The SMILES string of the molecule is CC(C)CCOc1ccccc1C(=O)N1CCNC(=O)[C@H]1CC(=O)OC(C)C. The van der Waals surface area contributed by atoms with Gasteiger partial charge < -0.3 is 19.7 Å². The van der Waals surface area contributed by atoms with E-state index in [1.54, 1.807) is 32.0 Å². The number of benzene rings is 1. The molecule has 1 aromatic rings. The van der Waals surface area contributed by atoms with Gasteiger partial charge in [0.2, 0.25) is 5.91 Å². The lowest BCUT2D eigenvalue weighted by molar-refractivity contribution is -0.151. The zero-order chi connectivity index (χ0) is 20.7. The van der Waals surface area contributed by atoms with Gasteiger partial charge in [-0.1, -0.05) is 26.0 Å². The van der Waals surface area contributed by atoms with Crippen molar-refractivity contribution in [1.29, 1.82) is 0 Å². The van der Waals surface area contributed by atoms with E-state index in [0.717, 1.165) is 6.42 Å². The van der Waals surface area contributed by atoms with Crippen LogP contribution in [0, 0.1) is 5.92 Å². The normalized spacial score (nSPS) is 16.9. The highest BCUT2D eigenvalue weighted by atomic mass is 16.5. The molecule has 7 nitrogen and oxygen atoms in total. The number of carbonyl (C=O) groups excluding carboxylic acids is 3. The maximum atomic E-state index is 13.2. The van der Waals surface area contributed by atoms with Gasteiger partial charge in [-0.05, 0) is 38.3 Å². The summed E-state index contributed by atoms with van der Waals surface area (Å²) in [5.74, 6) is -0.195. The van der Waals surface area contributed by atoms with Crippen LogP contribution >= 0.6 is 0 Å². The molecule has 0 unspecified atom stereocenters. The first-order valence-corrected chi connectivity index (χ1v) is 9.79. The number of nitrogens with one attached hydrogen (secondary N) is 1. The Morgan fingerprint density at radius 3 is 2.61 bits per heavy atom. The summed E-state index contributed by atoms with van der Waals surface area (Å²) in [4.78, 5) is 39.1. The van der Waals surface area contributed by atoms with E-state index in [0.29, 0.717) is 36.9 Å². The Morgan fingerprint density at radius 2 is 1.93 bits per heavy atom. The maximum absolute atomic E-state index is 13.2. The van der Waals surface area contributed by atoms with E-state index in [1.165, 1.54) is 4.90 Å². The van der Waals surface area contributed by atoms with E-state index in [2.05, 4.69) is 19.2 Å². The van der Waals surface area contributed by atoms with Crippen LogP contribution in [0.5, 0.6) is 5.75 Å². The smallest absolute Gasteiger partial charge is 0.308 e. The second-order valence-corrected chi connectivity index (χ2v) is 7.58. The highest BCUT2D eigenvalue weighted by molar-refractivity contribution is 6.01. The summed E-state index contributed by atoms with van der Waals surface area (Å²) >= 11 is 0. The standard InChI is InChI=1S/C21H30N2O5/c1-14(2)9-12-27-18-8-6-5-7-16(18)21(26)23-11-10-22-20(25)17(23)13-19(24)28-15(3)4/h5-8,14-15,17H,9-13H2,1-4H3,(H,22,25)/t17-/m1/s1. The van der Waals surface area contributed by atoms with Gasteiger partial charge in [0.15, 0.2) is 0 Å². The van der Waals surface area contributed by atoms with Crippen LogP contribution < -0.4 is 10.1 Å². The van der Waals surface area contributed by atoms with Crippen molar-refractivity contribution in [2.75, 3.05) is 19.7 Å². The predicted molar refractivity (Wildman–Crippen MR) is 105 cm³/mol. The van der Waals surface area contributed by atoms with E-state index in [9.17, 15) is 14.4 Å². The number of ether oxygens (including phenoxy) is 2. The molecule has 0 spiro atoms. The van der Waals surface area contributed by atoms with Gasteiger partial charge in [0.1, 0.15) is 11.8 Å². The number of esters is 1. The number of carbonyl (C=O) groups is 3. The van der Waals surface area contributed by atoms with Crippen LogP contribution in [0.1, 0.15) is 50.9 Å². The number of piperazine rings is 1. The molecule has 28 heavy (non-hydrogen) atoms. The molecule has 1 atom stereocenters. The molecule has 1 aliphatic heterocycles. The lowest BCUT2D eigenvalue weighted by Crippen LogP contribution is -2.58. The van der Waals surface area contributed by atoms with Crippen LogP contribution in [0.3, 0.4) is 0 Å². The molecule has 1 N–H and O–H groups in total. The average molecular weight is 390 g/mol. The van der Waals surface area contributed by atoms with Gasteiger partial charge in [0.25, 0.3) is 5.91 Å². The zero-order valence-corrected chi connectivity index (χ0v) is 17.1. The van der Waals surface area contributed by atoms with Gasteiger partial charge in [0, 0.05) is 13.1 Å². The fourth-order valence-electron chi connectivity index (χ4n) is 2.96. The Bertz CT molecular complexity index is 702. The Labute approximate surface area is 166 Å². The monoisotopic (exact) mass is 390 g/mol. The zero-order valence-electron chi connectivity index (χ0n) is 17.1. The van der Waals surface area contributed by atoms with Gasteiger partial charge in [-0.3, -0.25) is 14.4 Å². The average Bonchev–Trinajstić information content (AvgIpc) is 2.62. The fourth-order valence-corrected chi connectivity index (χ4v) is 2.96. The Morgan fingerprint density at radius 1 is 1.21 bits per heavy atom. The first-order valence-electron chi connectivity index (χ1n) is 9.79. The molecule has 1 fully saturated rings. The lowest BCUT2D eigenvalue weighted by Gasteiger charge is -2.35. The van der Waals surface area contributed by atoms with Crippen LogP contribution in [0.2, 0.25) is 0 Å². The quantitative estimate of drug-likeness (QED) is 0.689. The number of hydrogen-bond donors (Lipinski definition) is 1. The second-order valence-electron chi connectivity index (χ2n) is 7.58. The van der Waals surface area contributed by atoms with Gasteiger partial charge in [-0.2, -0.15) is 0 Å². The molecule has 2 rings (SSSR count). The van der Waals surface area contributed by atoms with Crippen molar-refractivity contribution < 1.29 is 23.9 Å². The summed E-state index contributed by atoms with van der Waals surface area (Å²) in [5, 5.41) is 2.72. The van der Waals surface area contributed by atoms with Crippen LogP contribution in [0.15, 0.2) is 24.3 Å². The molecule has 0 radical (unpaired) electrons. The molecule has 2 amide bonds. The van der Waals surface area contributed by atoms with Crippen molar-refractivity contribution in [3.63, 3.8) is 0 Å². The minimum absolute atomic E-state index is 0.174. The van der Waals surface area contributed by atoms with Gasteiger partial charge >= 0.3 is 5.97 Å². The topological polar surface area (TPSA) is 84.9 Å². The molecular formula is C21H30N2O5. The minimum atomic E-state index is -0.892. The van der Waals surface area contributed by atoms with E-state index in [-0.39, 0.29) is 24.3 Å². The molecule has 1 heterocycles. The number of nitrogens with zero attached hydrogens (tertiary/aromatic N) is 1. The summed E-state index contributed by atoms with van der Waals surface area (Å²) in [6.45, 7) is 8.87. The van der Waals surface area contributed by atoms with Crippen molar-refractivity contribution >= 4 is 17.8 Å². The molecule has 154 valence electrons. The van der Waals surface area contributed by atoms with E-state index >= 15 is 0 Å². The molecule has 1 aliphatic rings. The molecule has 0 aliphatic carbocycles. The molecule has 0 saturated carbocycles. The molecule has 0 aromatic heterocycles. The third-order valence-corrected chi connectivity index (χ3v) is 4.39. The maximum Gasteiger partial charge on any atom is 0.308 e. The molecule has 1 aromatic carbocycles. The number of rotatable bonds is 8. The number of amides is 2. The Hall–Kier alpha value is -2.57. The largest absolute Gasteiger partial charge is 0.493 e. The van der Waals surface area contributed by atoms with Crippen LogP contribution in [-0.4, -0.2) is 54.5 Å². The highest BCUT2D eigenvalue weighted by Crippen LogP contribution is 2.23. The summed E-state index contributed by atoms with van der Waals surface area (Å²) in [7, 11) is 0. The van der Waals surface area contributed by atoms with E-state index in [1.807, 2.05) is 6.07 Å². The van der Waals surface area contributed by atoms with Crippen molar-refractivity contribution in [2.24, 2.45) is 5.92 Å². The predicted octanol–water partition coefficient (Wildman–Crippen LogP) is 2.39. The first-order chi connectivity index (χ1) is 13.3. The lowest BCUT2D eigenvalue weighted by atomic mass is 10.1. The number of para-hydroxylation sites is 1. The van der Waals surface area contributed by atoms with Crippen molar-refractivity contribution in [3.05, 3.63) is 29.8 Å². The van der Waals surface area contributed by atoms with Crippen molar-refractivity contribution in [3.8, 4) is 5.75 Å². The molecule has 0 bridgehead atoms.